The number of thioether (sulfide) groups is 1. The molecule has 3 rings (SSSR count). The summed E-state index contributed by atoms with van der Waals surface area (Å²) in [7, 11) is 0. The van der Waals surface area contributed by atoms with Crippen LogP contribution >= 0.6 is 51.5 Å². The number of hydrogen-bond donors (Lipinski definition) is 1. The molecule has 2 aromatic carbocycles. The Hall–Kier alpha value is -1.34. The number of carbonyl (C=O) groups excluding carboxylic acids is 1. The fraction of sp³-hybridized carbons (Fsp3) is 0.0588. The van der Waals surface area contributed by atoms with Crippen LogP contribution in [0.1, 0.15) is 5.56 Å². The second-order valence-electron chi connectivity index (χ2n) is 4.97. The highest BCUT2D eigenvalue weighted by atomic mass is 79.9. The third kappa shape index (κ3) is 4.00. The highest BCUT2D eigenvalue weighted by molar-refractivity contribution is 9.10. The molecule has 0 atom stereocenters. The van der Waals surface area contributed by atoms with Crippen molar-refractivity contribution >= 4 is 73.5 Å². The van der Waals surface area contributed by atoms with Crippen LogP contribution in [0.2, 0.25) is 5.02 Å². The number of halogens is 2. The molecule has 1 aliphatic rings. The van der Waals surface area contributed by atoms with E-state index in [0.717, 1.165) is 15.7 Å². The number of amides is 1. The monoisotopic (exact) mass is 438 g/mol. The molecule has 1 heterocycles. The number of nitrogens with one attached hydrogen (secondary N) is 1. The predicted octanol–water partition coefficient (Wildman–Crippen LogP) is 5.37. The minimum Gasteiger partial charge on any atom is -0.367 e. The van der Waals surface area contributed by atoms with E-state index in [0.29, 0.717) is 20.9 Å². The first-order chi connectivity index (χ1) is 11.5. The largest absolute Gasteiger partial charge is 0.367 e. The van der Waals surface area contributed by atoms with E-state index in [1.165, 1.54) is 11.8 Å². The van der Waals surface area contributed by atoms with Crippen LogP contribution in [0.4, 0.5) is 5.69 Å². The van der Waals surface area contributed by atoms with Crippen LogP contribution in [0.25, 0.3) is 6.08 Å². The van der Waals surface area contributed by atoms with E-state index in [1.807, 2.05) is 42.5 Å². The lowest BCUT2D eigenvalue weighted by Gasteiger charge is -2.16. The number of anilines is 1. The van der Waals surface area contributed by atoms with Crippen molar-refractivity contribution < 1.29 is 4.79 Å². The SMILES string of the molecule is O=C1/C(=C/c2ccccc2Br)SC(=S)N1CNc1ccc(Cl)cc1. The van der Waals surface area contributed by atoms with Gasteiger partial charge >= 0.3 is 0 Å². The number of nitrogens with zero attached hydrogens (tertiary/aromatic N) is 1. The zero-order valence-corrected chi connectivity index (χ0v) is 16.3. The highest BCUT2D eigenvalue weighted by Gasteiger charge is 2.31. The van der Waals surface area contributed by atoms with Gasteiger partial charge in [0, 0.05) is 15.2 Å². The summed E-state index contributed by atoms with van der Waals surface area (Å²) in [6.07, 6.45) is 1.85. The Morgan fingerprint density at radius 1 is 1.21 bits per heavy atom. The fourth-order valence-electron chi connectivity index (χ4n) is 2.11. The van der Waals surface area contributed by atoms with Gasteiger partial charge in [0.1, 0.15) is 4.32 Å². The molecule has 2 aromatic rings. The van der Waals surface area contributed by atoms with Crippen molar-refractivity contribution in [3.63, 3.8) is 0 Å². The number of hydrogen-bond acceptors (Lipinski definition) is 4. The quantitative estimate of drug-likeness (QED) is 0.512. The Bertz CT molecular complexity index is 824. The molecule has 1 aliphatic heterocycles. The van der Waals surface area contributed by atoms with E-state index in [9.17, 15) is 4.79 Å². The van der Waals surface area contributed by atoms with Gasteiger partial charge in [0.05, 0.1) is 11.6 Å². The maximum atomic E-state index is 12.6. The van der Waals surface area contributed by atoms with Crippen molar-refractivity contribution in [3.05, 3.63) is 68.5 Å². The first-order valence-electron chi connectivity index (χ1n) is 7.04. The lowest BCUT2D eigenvalue weighted by molar-refractivity contribution is -0.121. The Balaban J connectivity index is 1.72. The van der Waals surface area contributed by atoms with E-state index in [1.54, 1.807) is 17.0 Å². The molecular weight excluding hydrogens is 428 g/mol. The fourth-order valence-corrected chi connectivity index (χ4v) is 3.88. The minimum absolute atomic E-state index is 0.0952. The molecular formula is C17H12BrClN2OS2. The lowest BCUT2D eigenvalue weighted by atomic mass is 10.2. The number of carbonyl (C=O) groups is 1. The van der Waals surface area contributed by atoms with Gasteiger partial charge in [0.2, 0.25) is 0 Å². The third-order valence-corrected chi connectivity index (χ3v) is 5.70. The molecule has 1 fully saturated rings. The normalized spacial score (nSPS) is 16.1. The molecule has 0 aliphatic carbocycles. The van der Waals surface area contributed by atoms with Crippen LogP contribution in [-0.2, 0) is 4.79 Å². The van der Waals surface area contributed by atoms with Gasteiger partial charge in [-0.3, -0.25) is 9.69 Å². The van der Waals surface area contributed by atoms with Gasteiger partial charge in [-0.2, -0.15) is 0 Å². The molecule has 24 heavy (non-hydrogen) atoms. The zero-order chi connectivity index (χ0) is 17.1. The standard InChI is InChI=1S/C17H12BrClN2OS2/c18-14-4-2-1-3-11(14)9-15-16(22)21(17(23)24-15)10-20-13-7-5-12(19)6-8-13/h1-9,20H,10H2/b15-9-. The van der Waals surface area contributed by atoms with Crippen LogP contribution in [-0.4, -0.2) is 21.8 Å². The first-order valence-corrected chi connectivity index (χ1v) is 9.43. The van der Waals surface area contributed by atoms with Gasteiger partial charge in [-0.15, -0.1) is 0 Å². The Morgan fingerprint density at radius 3 is 2.62 bits per heavy atom. The maximum absolute atomic E-state index is 12.6. The molecule has 0 spiro atoms. The molecule has 0 radical (unpaired) electrons. The Morgan fingerprint density at radius 2 is 1.92 bits per heavy atom. The topological polar surface area (TPSA) is 32.3 Å². The molecule has 0 saturated carbocycles. The summed E-state index contributed by atoms with van der Waals surface area (Å²) in [5, 5.41) is 3.85. The van der Waals surface area contributed by atoms with Crippen molar-refractivity contribution in [2.24, 2.45) is 0 Å². The number of benzene rings is 2. The molecule has 7 heteroatoms. The van der Waals surface area contributed by atoms with Crippen molar-refractivity contribution in [1.29, 1.82) is 0 Å². The smallest absolute Gasteiger partial charge is 0.267 e. The summed E-state index contributed by atoms with van der Waals surface area (Å²) in [5.41, 5.74) is 1.83. The van der Waals surface area contributed by atoms with E-state index in [4.69, 9.17) is 23.8 Å². The van der Waals surface area contributed by atoms with Gasteiger partial charge in [0.25, 0.3) is 5.91 Å². The van der Waals surface area contributed by atoms with Crippen LogP contribution in [0.3, 0.4) is 0 Å². The van der Waals surface area contributed by atoms with Crippen LogP contribution < -0.4 is 5.32 Å². The Kier molecular flexibility index (Phi) is 5.61. The van der Waals surface area contributed by atoms with E-state index in [2.05, 4.69) is 21.2 Å². The van der Waals surface area contributed by atoms with E-state index in [-0.39, 0.29) is 5.91 Å². The molecule has 1 N–H and O–H groups in total. The molecule has 1 amide bonds. The second-order valence-corrected chi connectivity index (χ2v) is 7.94. The van der Waals surface area contributed by atoms with Gasteiger partial charge < -0.3 is 5.32 Å². The lowest BCUT2D eigenvalue weighted by Crippen LogP contribution is -2.33. The van der Waals surface area contributed by atoms with Gasteiger partial charge in [-0.1, -0.05) is 69.7 Å². The molecule has 3 nitrogen and oxygen atoms in total. The highest BCUT2D eigenvalue weighted by Crippen LogP contribution is 2.33. The summed E-state index contributed by atoms with van der Waals surface area (Å²) in [4.78, 5) is 14.7. The van der Waals surface area contributed by atoms with Crippen LogP contribution in [0.15, 0.2) is 57.9 Å². The summed E-state index contributed by atoms with van der Waals surface area (Å²) in [5.74, 6) is -0.0952. The molecule has 1 saturated heterocycles. The second kappa shape index (κ2) is 7.70. The van der Waals surface area contributed by atoms with Crippen molar-refractivity contribution in [3.8, 4) is 0 Å². The number of thiocarbonyl (C=S) groups is 1. The maximum Gasteiger partial charge on any atom is 0.267 e. The third-order valence-electron chi connectivity index (χ3n) is 3.35. The molecule has 122 valence electrons. The van der Waals surface area contributed by atoms with E-state index >= 15 is 0 Å². The minimum atomic E-state index is -0.0952. The molecule has 0 aromatic heterocycles. The van der Waals surface area contributed by atoms with Crippen LogP contribution in [0, 0.1) is 0 Å². The molecule has 0 unspecified atom stereocenters. The van der Waals surface area contributed by atoms with Gasteiger partial charge in [0.15, 0.2) is 0 Å². The van der Waals surface area contributed by atoms with Crippen LogP contribution in [0.5, 0.6) is 0 Å². The summed E-state index contributed by atoms with van der Waals surface area (Å²) < 4.78 is 1.48. The predicted molar refractivity (Wildman–Crippen MR) is 109 cm³/mol. The average Bonchev–Trinajstić information content (AvgIpc) is 2.83. The summed E-state index contributed by atoms with van der Waals surface area (Å²) in [6.45, 7) is 0.319. The van der Waals surface area contributed by atoms with Gasteiger partial charge in [-0.25, -0.2) is 0 Å². The molecule has 0 bridgehead atoms. The Labute approximate surface area is 163 Å². The van der Waals surface area contributed by atoms with Crippen molar-refractivity contribution in [1.82, 2.24) is 4.90 Å². The van der Waals surface area contributed by atoms with Crippen molar-refractivity contribution in [2.75, 3.05) is 12.0 Å². The average molecular weight is 440 g/mol. The zero-order valence-electron chi connectivity index (χ0n) is 12.3. The first kappa shape index (κ1) is 17.5. The number of rotatable bonds is 4. The van der Waals surface area contributed by atoms with Crippen molar-refractivity contribution in [2.45, 2.75) is 0 Å². The van der Waals surface area contributed by atoms with E-state index < -0.39 is 0 Å². The van der Waals surface area contributed by atoms with Gasteiger partial charge in [-0.05, 0) is 42.0 Å². The summed E-state index contributed by atoms with van der Waals surface area (Å²) in [6, 6.07) is 15.1. The summed E-state index contributed by atoms with van der Waals surface area (Å²) >= 11 is 16.0.